The van der Waals surface area contributed by atoms with Crippen molar-refractivity contribution in [3.63, 3.8) is 0 Å². The van der Waals surface area contributed by atoms with E-state index in [0.717, 1.165) is 18.2 Å². The lowest BCUT2D eigenvalue weighted by molar-refractivity contribution is -0.143. The zero-order chi connectivity index (χ0) is 12.0. The molecule has 16 heavy (non-hydrogen) atoms. The van der Waals surface area contributed by atoms with Gasteiger partial charge in [0.25, 0.3) is 0 Å². The Bertz CT molecular complexity index is 366. The summed E-state index contributed by atoms with van der Waals surface area (Å²) in [4.78, 5) is 10.9. The molecule has 1 aromatic rings. The van der Waals surface area contributed by atoms with Gasteiger partial charge in [0.05, 0.1) is 19.6 Å². The van der Waals surface area contributed by atoms with Crippen molar-refractivity contribution in [1.82, 2.24) is 0 Å². The lowest BCUT2D eigenvalue weighted by atomic mass is 10.3. The molecule has 0 aliphatic carbocycles. The van der Waals surface area contributed by atoms with Gasteiger partial charge in [0.15, 0.2) is 11.6 Å². The van der Waals surface area contributed by atoms with E-state index in [1.165, 1.54) is 0 Å². The normalized spacial score (nSPS) is 9.94. The van der Waals surface area contributed by atoms with Gasteiger partial charge in [0.1, 0.15) is 5.82 Å². The molecule has 0 amide bonds. The van der Waals surface area contributed by atoms with E-state index in [-0.39, 0.29) is 25.4 Å². The van der Waals surface area contributed by atoms with Gasteiger partial charge in [0.2, 0.25) is 0 Å². The number of esters is 1. The summed E-state index contributed by atoms with van der Waals surface area (Å²) in [5.74, 6) is -1.89. The van der Waals surface area contributed by atoms with Crippen molar-refractivity contribution in [3.05, 3.63) is 29.8 Å². The predicted octanol–water partition coefficient (Wildman–Crippen LogP) is 2.30. The van der Waals surface area contributed by atoms with Gasteiger partial charge in [-0.25, -0.2) is 8.78 Å². The molecule has 0 saturated carbocycles. The molecule has 0 heterocycles. The summed E-state index contributed by atoms with van der Waals surface area (Å²) >= 11 is 0. The zero-order valence-electron chi connectivity index (χ0n) is 8.83. The van der Waals surface area contributed by atoms with Gasteiger partial charge in [-0.2, -0.15) is 0 Å². The standard InChI is InChI=1S/C11H12F2O3/c1-2-15-11(14)5-6-16-10-7-8(12)3-4-9(10)13/h3-4,7H,2,5-6H2,1H3. The van der Waals surface area contributed by atoms with Crippen LogP contribution < -0.4 is 4.74 Å². The Labute approximate surface area is 92.0 Å². The quantitative estimate of drug-likeness (QED) is 0.728. The average molecular weight is 230 g/mol. The molecule has 0 aromatic heterocycles. The lowest BCUT2D eigenvalue weighted by Crippen LogP contribution is -2.10. The smallest absolute Gasteiger partial charge is 0.309 e. The monoisotopic (exact) mass is 230 g/mol. The second-order valence-corrected chi connectivity index (χ2v) is 2.98. The summed E-state index contributed by atoms with van der Waals surface area (Å²) in [6.45, 7) is 1.93. The van der Waals surface area contributed by atoms with Crippen LogP contribution in [0, 0.1) is 11.6 Å². The number of carbonyl (C=O) groups excluding carboxylic acids is 1. The molecule has 88 valence electrons. The fourth-order valence-corrected chi connectivity index (χ4v) is 1.07. The molecule has 0 radical (unpaired) electrons. The number of carbonyl (C=O) groups is 1. The first-order valence-corrected chi connectivity index (χ1v) is 4.87. The molecule has 0 aliphatic rings. The largest absolute Gasteiger partial charge is 0.490 e. The topological polar surface area (TPSA) is 35.5 Å². The lowest BCUT2D eigenvalue weighted by Gasteiger charge is -2.06. The molecule has 0 spiro atoms. The number of rotatable bonds is 5. The second-order valence-electron chi connectivity index (χ2n) is 2.98. The average Bonchev–Trinajstić information content (AvgIpc) is 2.23. The number of halogens is 2. The van der Waals surface area contributed by atoms with E-state index in [2.05, 4.69) is 4.74 Å². The Morgan fingerprint density at radius 2 is 2.12 bits per heavy atom. The predicted molar refractivity (Wildman–Crippen MR) is 53.1 cm³/mol. The molecule has 1 aromatic carbocycles. The highest BCUT2D eigenvalue weighted by atomic mass is 19.1. The van der Waals surface area contributed by atoms with Gasteiger partial charge in [-0.05, 0) is 19.1 Å². The minimum Gasteiger partial charge on any atom is -0.490 e. The zero-order valence-corrected chi connectivity index (χ0v) is 8.83. The first kappa shape index (κ1) is 12.4. The highest BCUT2D eigenvalue weighted by molar-refractivity contribution is 5.69. The fraction of sp³-hybridized carbons (Fsp3) is 0.364. The molecule has 0 N–H and O–H groups in total. The molecule has 0 aliphatic heterocycles. The SMILES string of the molecule is CCOC(=O)CCOc1cc(F)ccc1F. The molecule has 1 rings (SSSR count). The van der Waals surface area contributed by atoms with Gasteiger partial charge in [-0.3, -0.25) is 4.79 Å². The van der Waals surface area contributed by atoms with Crippen LogP contribution in [0.5, 0.6) is 5.75 Å². The van der Waals surface area contributed by atoms with Crippen molar-refractivity contribution < 1.29 is 23.0 Å². The van der Waals surface area contributed by atoms with E-state index in [0.29, 0.717) is 0 Å². The molecule has 0 fully saturated rings. The van der Waals surface area contributed by atoms with Crippen molar-refractivity contribution in [2.45, 2.75) is 13.3 Å². The summed E-state index contributed by atoms with van der Waals surface area (Å²) < 4.78 is 35.3. The Hall–Kier alpha value is -1.65. The summed E-state index contributed by atoms with van der Waals surface area (Å²) in [6, 6.07) is 2.89. The van der Waals surface area contributed by atoms with Crippen molar-refractivity contribution >= 4 is 5.97 Å². The number of benzene rings is 1. The van der Waals surface area contributed by atoms with E-state index in [4.69, 9.17) is 4.74 Å². The third-order valence-electron chi connectivity index (χ3n) is 1.76. The van der Waals surface area contributed by atoms with Crippen LogP contribution in [0.3, 0.4) is 0 Å². The molecule has 0 atom stereocenters. The molecular weight excluding hydrogens is 218 g/mol. The van der Waals surface area contributed by atoms with Crippen LogP contribution in [-0.4, -0.2) is 19.2 Å². The van der Waals surface area contributed by atoms with Crippen molar-refractivity contribution in [1.29, 1.82) is 0 Å². The van der Waals surface area contributed by atoms with Gasteiger partial charge < -0.3 is 9.47 Å². The summed E-state index contributed by atoms with van der Waals surface area (Å²) in [6.07, 6.45) is 0.00376. The van der Waals surface area contributed by atoms with Gasteiger partial charge in [-0.15, -0.1) is 0 Å². The van der Waals surface area contributed by atoms with Gasteiger partial charge >= 0.3 is 5.97 Å². The van der Waals surface area contributed by atoms with E-state index >= 15 is 0 Å². The number of ether oxygens (including phenoxy) is 2. The van der Waals surface area contributed by atoms with E-state index in [1.807, 2.05) is 0 Å². The number of hydrogen-bond acceptors (Lipinski definition) is 3. The van der Waals surface area contributed by atoms with Gasteiger partial charge in [0, 0.05) is 6.07 Å². The minimum absolute atomic E-state index is 0.00376. The van der Waals surface area contributed by atoms with Crippen LogP contribution in [0.25, 0.3) is 0 Å². The first-order valence-electron chi connectivity index (χ1n) is 4.87. The highest BCUT2D eigenvalue weighted by Crippen LogP contribution is 2.17. The molecule has 5 heteroatoms. The van der Waals surface area contributed by atoms with Crippen LogP contribution in [0.4, 0.5) is 8.78 Å². The first-order chi connectivity index (χ1) is 7.63. The molecule has 0 unspecified atom stereocenters. The van der Waals surface area contributed by atoms with Crippen LogP contribution in [0.1, 0.15) is 13.3 Å². The highest BCUT2D eigenvalue weighted by Gasteiger charge is 2.06. The molecule has 0 bridgehead atoms. The van der Waals surface area contributed by atoms with Crippen LogP contribution in [-0.2, 0) is 9.53 Å². The maximum atomic E-state index is 13.0. The Morgan fingerprint density at radius 3 is 2.81 bits per heavy atom. The molecule has 3 nitrogen and oxygen atoms in total. The van der Waals surface area contributed by atoms with E-state index in [1.54, 1.807) is 6.92 Å². The van der Waals surface area contributed by atoms with Crippen LogP contribution in [0.2, 0.25) is 0 Å². The van der Waals surface area contributed by atoms with Crippen LogP contribution in [0.15, 0.2) is 18.2 Å². The Kier molecular flexibility index (Phi) is 4.69. The Morgan fingerprint density at radius 1 is 1.38 bits per heavy atom. The van der Waals surface area contributed by atoms with E-state index in [9.17, 15) is 13.6 Å². The summed E-state index contributed by atoms with van der Waals surface area (Å²) in [5.41, 5.74) is 0. The molecule has 0 saturated heterocycles. The van der Waals surface area contributed by atoms with Crippen molar-refractivity contribution in [2.24, 2.45) is 0 Å². The number of hydrogen-bond donors (Lipinski definition) is 0. The fourth-order valence-electron chi connectivity index (χ4n) is 1.07. The summed E-state index contributed by atoms with van der Waals surface area (Å²) in [5, 5.41) is 0. The summed E-state index contributed by atoms with van der Waals surface area (Å²) in [7, 11) is 0. The van der Waals surface area contributed by atoms with Crippen molar-refractivity contribution in [3.8, 4) is 5.75 Å². The maximum absolute atomic E-state index is 13.0. The molecular formula is C11H12F2O3. The second kappa shape index (κ2) is 6.05. The van der Waals surface area contributed by atoms with Crippen LogP contribution >= 0.6 is 0 Å². The van der Waals surface area contributed by atoms with Crippen molar-refractivity contribution in [2.75, 3.05) is 13.2 Å². The van der Waals surface area contributed by atoms with E-state index < -0.39 is 17.6 Å². The third kappa shape index (κ3) is 3.84. The Balaban J connectivity index is 2.42. The third-order valence-corrected chi connectivity index (χ3v) is 1.76. The minimum atomic E-state index is -0.662. The maximum Gasteiger partial charge on any atom is 0.309 e. The van der Waals surface area contributed by atoms with Gasteiger partial charge in [-0.1, -0.05) is 0 Å².